The summed E-state index contributed by atoms with van der Waals surface area (Å²) in [7, 11) is 1.42. The smallest absolute Gasteiger partial charge is 0.308 e. The third kappa shape index (κ3) is 5.13. The first-order valence-electron chi connectivity index (χ1n) is 7.17. The van der Waals surface area contributed by atoms with Gasteiger partial charge in [-0.1, -0.05) is 6.07 Å². The molecule has 0 atom stereocenters. The standard InChI is InChI=1S/C15H21NO4S/c1-19-15(18)11-4-6-12(7-5-11)20-10-14(17)16-9-13-3-2-8-21-13/h2-3,8,11-12H,4-7,9-10H2,1H3,(H,16,17). The third-order valence-corrected chi connectivity index (χ3v) is 4.58. The van der Waals surface area contributed by atoms with Gasteiger partial charge in [-0.15, -0.1) is 11.3 Å². The predicted octanol–water partition coefficient (Wildman–Crippen LogP) is 2.11. The Morgan fingerprint density at radius 1 is 1.33 bits per heavy atom. The molecule has 0 aliphatic heterocycles. The Balaban J connectivity index is 1.60. The van der Waals surface area contributed by atoms with Gasteiger partial charge >= 0.3 is 5.97 Å². The summed E-state index contributed by atoms with van der Waals surface area (Å²) < 4.78 is 10.4. The van der Waals surface area contributed by atoms with Gasteiger partial charge in [0, 0.05) is 4.88 Å². The second-order valence-corrected chi connectivity index (χ2v) is 6.20. The van der Waals surface area contributed by atoms with Crippen LogP contribution in [0, 0.1) is 5.92 Å². The number of esters is 1. The minimum absolute atomic E-state index is 0.0116. The topological polar surface area (TPSA) is 64.6 Å². The molecule has 1 aromatic rings. The number of ether oxygens (including phenoxy) is 2. The van der Waals surface area contributed by atoms with Crippen molar-refractivity contribution >= 4 is 23.2 Å². The van der Waals surface area contributed by atoms with Gasteiger partial charge in [0.25, 0.3) is 0 Å². The van der Waals surface area contributed by atoms with Crippen LogP contribution in [0.2, 0.25) is 0 Å². The molecular weight excluding hydrogens is 290 g/mol. The van der Waals surface area contributed by atoms with Crippen molar-refractivity contribution in [2.75, 3.05) is 13.7 Å². The van der Waals surface area contributed by atoms with Crippen LogP contribution in [0.1, 0.15) is 30.6 Å². The number of carbonyl (C=O) groups is 2. The molecule has 1 aliphatic carbocycles. The highest BCUT2D eigenvalue weighted by molar-refractivity contribution is 7.09. The average Bonchev–Trinajstić information content (AvgIpc) is 3.04. The quantitative estimate of drug-likeness (QED) is 0.817. The van der Waals surface area contributed by atoms with Crippen LogP contribution in [0.5, 0.6) is 0 Å². The number of hydrogen-bond acceptors (Lipinski definition) is 5. The van der Waals surface area contributed by atoms with Crippen molar-refractivity contribution in [2.24, 2.45) is 5.92 Å². The minimum atomic E-state index is -0.137. The molecule has 1 N–H and O–H groups in total. The Labute approximate surface area is 128 Å². The highest BCUT2D eigenvalue weighted by atomic mass is 32.1. The summed E-state index contributed by atoms with van der Waals surface area (Å²) >= 11 is 1.62. The van der Waals surface area contributed by atoms with Crippen LogP contribution in [-0.4, -0.2) is 31.7 Å². The summed E-state index contributed by atoms with van der Waals surface area (Å²) in [5.74, 6) is -0.247. The highest BCUT2D eigenvalue weighted by Crippen LogP contribution is 2.26. The first-order chi connectivity index (χ1) is 10.2. The van der Waals surface area contributed by atoms with Crippen LogP contribution >= 0.6 is 11.3 Å². The Morgan fingerprint density at radius 2 is 2.10 bits per heavy atom. The predicted molar refractivity (Wildman–Crippen MR) is 79.9 cm³/mol. The molecule has 1 aliphatic rings. The van der Waals surface area contributed by atoms with Crippen molar-refractivity contribution in [3.05, 3.63) is 22.4 Å². The van der Waals surface area contributed by atoms with Crippen molar-refractivity contribution in [3.63, 3.8) is 0 Å². The molecule has 0 unspecified atom stereocenters. The van der Waals surface area contributed by atoms with Crippen molar-refractivity contribution in [3.8, 4) is 0 Å². The van der Waals surface area contributed by atoms with Gasteiger partial charge < -0.3 is 14.8 Å². The van der Waals surface area contributed by atoms with Gasteiger partial charge in [-0.3, -0.25) is 9.59 Å². The fourth-order valence-corrected chi connectivity index (χ4v) is 3.12. The number of nitrogens with one attached hydrogen (secondary N) is 1. The SMILES string of the molecule is COC(=O)C1CCC(OCC(=O)NCc2cccs2)CC1. The van der Waals surface area contributed by atoms with Crippen LogP contribution in [0.25, 0.3) is 0 Å². The zero-order valence-corrected chi connectivity index (χ0v) is 13.0. The van der Waals surface area contributed by atoms with Crippen molar-refractivity contribution in [1.82, 2.24) is 5.32 Å². The molecule has 5 nitrogen and oxygen atoms in total. The molecule has 0 aromatic carbocycles. The van der Waals surface area contributed by atoms with E-state index >= 15 is 0 Å². The van der Waals surface area contributed by atoms with E-state index in [1.54, 1.807) is 11.3 Å². The molecule has 1 amide bonds. The van der Waals surface area contributed by atoms with Crippen molar-refractivity contribution in [2.45, 2.75) is 38.3 Å². The maximum Gasteiger partial charge on any atom is 0.308 e. The molecule has 1 saturated carbocycles. The van der Waals surface area contributed by atoms with E-state index in [2.05, 4.69) is 5.32 Å². The van der Waals surface area contributed by atoms with Crippen LogP contribution < -0.4 is 5.32 Å². The summed E-state index contributed by atoms with van der Waals surface area (Å²) in [6, 6.07) is 3.95. The molecule has 1 aromatic heterocycles. The average molecular weight is 311 g/mol. The fraction of sp³-hybridized carbons (Fsp3) is 0.600. The van der Waals surface area contributed by atoms with E-state index < -0.39 is 0 Å². The van der Waals surface area contributed by atoms with Crippen molar-refractivity contribution < 1.29 is 19.1 Å². The van der Waals surface area contributed by atoms with Crippen LogP contribution in [0.4, 0.5) is 0 Å². The van der Waals surface area contributed by atoms with E-state index in [9.17, 15) is 9.59 Å². The van der Waals surface area contributed by atoms with E-state index in [-0.39, 0.29) is 30.5 Å². The second-order valence-electron chi connectivity index (χ2n) is 5.16. The lowest BCUT2D eigenvalue weighted by atomic mass is 9.87. The summed E-state index contributed by atoms with van der Waals surface area (Å²) in [4.78, 5) is 24.2. The Morgan fingerprint density at radius 3 is 2.71 bits per heavy atom. The van der Waals surface area contributed by atoms with E-state index in [1.807, 2.05) is 17.5 Å². The first-order valence-corrected chi connectivity index (χ1v) is 8.05. The number of thiophene rings is 1. The third-order valence-electron chi connectivity index (χ3n) is 3.70. The first kappa shape index (κ1) is 16.0. The number of methoxy groups -OCH3 is 1. The summed E-state index contributed by atoms with van der Waals surface area (Å²) in [5.41, 5.74) is 0. The fourth-order valence-electron chi connectivity index (χ4n) is 2.48. The van der Waals surface area contributed by atoms with Gasteiger partial charge in [-0.25, -0.2) is 0 Å². The van der Waals surface area contributed by atoms with Gasteiger partial charge in [0.05, 0.1) is 25.7 Å². The molecule has 0 bridgehead atoms. The molecule has 0 saturated heterocycles. The molecule has 1 fully saturated rings. The molecule has 116 valence electrons. The van der Waals surface area contributed by atoms with Crippen LogP contribution in [0.15, 0.2) is 17.5 Å². The van der Waals surface area contributed by atoms with E-state index in [1.165, 1.54) is 7.11 Å². The lowest BCUT2D eigenvalue weighted by Gasteiger charge is -2.26. The van der Waals surface area contributed by atoms with Gasteiger partial charge in [-0.05, 0) is 37.1 Å². The van der Waals surface area contributed by atoms with Gasteiger partial charge in [0.1, 0.15) is 6.61 Å². The molecule has 2 rings (SSSR count). The van der Waals surface area contributed by atoms with E-state index in [0.29, 0.717) is 6.54 Å². The second kappa shape index (κ2) is 8.14. The largest absolute Gasteiger partial charge is 0.469 e. The summed E-state index contributed by atoms with van der Waals surface area (Å²) in [6.45, 7) is 0.633. The Bertz CT molecular complexity index is 452. The van der Waals surface area contributed by atoms with E-state index in [4.69, 9.17) is 9.47 Å². The highest BCUT2D eigenvalue weighted by Gasteiger charge is 2.27. The maximum atomic E-state index is 11.7. The van der Waals surface area contributed by atoms with Gasteiger partial charge in [0.15, 0.2) is 0 Å². The Kier molecular flexibility index (Phi) is 6.20. The summed E-state index contributed by atoms with van der Waals surface area (Å²) in [5, 5.41) is 4.82. The lowest BCUT2D eigenvalue weighted by molar-refractivity contribution is -0.148. The summed E-state index contributed by atoms with van der Waals surface area (Å²) in [6.07, 6.45) is 3.22. The lowest BCUT2D eigenvalue weighted by Crippen LogP contribution is -2.32. The number of rotatable bonds is 6. The van der Waals surface area contributed by atoms with Crippen LogP contribution in [-0.2, 0) is 25.6 Å². The van der Waals surface area contributed by atoms with Gasteiger partial charge in [0.2, 0.25) is 5.91 Å². The Hall–Kier alpha value is -1.40. The zero-order valence-electron chi connectivity index (χ0n) is 12.2. The molecule has 1 heterocycles. The number of hydrogen-bond donors (Lipinski definition) is 1. The molecule has 21 heavy (non-hydrogen) atoms. The normalized spacial score (nSPS) is 21.8. The monoisotopic (exact) mass is 311 g/mol. The zero-order chi connectivity index (χ0) is 15.1. The van der Waals surface area contributed by atoms with Crippen LogP contribution in [0.3, 0.4) is 0 Å². The minimum Gasteiger partial charge on any atom is -0.469 e. The molecule has 0 spiro atoms. The van der Waals surface area contributed by atoms with E-state index in [0.717, 1.165) is 30.6 Å². The van der Waals surface area contributed by atoms with Gasteiger partial charge in [-0.2, -0.15) is 0 Å². The number of amides is 1. The molecular formula is C15H21NO4S. The molecule has 0 radical (unpaired) electrons. The maximum absolute atomic E-state index is 11.7. The van der Waals surface area contributed by atoms with Crippen molar-refractivity contribution in [1.29, 1.82) is 0 Å². The number of carbonyl (C=O) groups excluding carboxylic acids is 2. The molecule has 6 heteroatoms.